The molecular weight excluding hydrogens is 270 g/mol. The second-order valence-electron chi connectivity index (χ2n) is 2.46. The van der Waals surface area contributed by atoms with Gasteiger partial charge in [0, 0.05) is 10.3 Å². The van der Waals surface area contributed by atoms with Crippen molar-refractivity contribution in [2.45, 2.75) is 6.10 Å². The van der Waals surface area contributed by atoms with Crippen LogP contribution in [0.3, 0.4) is 0 Å². The van der Waals surface area contributed by atoms with Gasteiger partial charge in [-0.05, 0) is 28.1 Å². The van der Waals surface area contributed by atoms with Crippen molar-refractivity contribution in [3.05, 3.63) is 37.4 Å². The molecule has 1 atom stereocenters. The number of thiophene rings is 1. The number of aliphatic hydroxyl groups is 1. The van der Waals surface area contributed by atoms with Crippen LogP contribution in [0.2, 0.25) is 0 Å². The second-order valence-corrected chi connectivity index (χ2v) is 5.67. The SMILES string of the molecule is OC(c1cscn1)c1ccc(Br)s1. The van der Waals surface area contributed by atoms with Crippen LogP contribution < -0.4 is 0 Å². The number of aromatic nitrogens is 1. The molecule has 0 radical (unpaired) electrons. The van der Waals surface area contributed by atoms with Crippen LogP contribution in [0.15, 0.2) is 26.8 Å². The van der Waals surface area contributed by atoms with Gasteiger partial charge in [-0.25, -0.2) is 4.98 Å². The molecule has 0 aromatic carbocycles. The van der Waals surface area contributed by atoms with Gasteiger partial charge in [0.25, 0.3) is 0 Å². The number of rotatable bonds is 2. The lowest BCUT2D eigenvalue weighted by Gasteiger charge is -2.03. The maximum absolute atomic E-state index is 9.83. The zero-order chi connectivity index (χ0) is 9.26. The molecule has 0 aliphatic heterocycles. The minimum atomic E-state index is -0.581. The lowest BCUT2D eigenvalue weighted by Crippen LogP contribution is -1.96. The lowest BCUT2D eigenvalue weighted by atomic mass is 10.2. The Morgan fingerprint density at radius 1 is 1.46 bits per heavy atom. The lowest BCUT2D eigenvalue weighted by molar-refractivity contribution is 0.220. The minimum absolute atomic E-state index is 0.581. The van der Waals surface area contributed by atoms with Gasteiger partial charge in [-0.15, -0.1) is 22.7 Å². The van der Waals surface area contributed by atoms with E-state index in [1.165, 1.54) is 22.7 Å². The van der Waals surface area contributed by atoms with Crippen LogP contribution >= 0.6 is 38.6 Å². The summed E-state index contributed by atoms with van der Waals surface area (Å²) in [5.74, 6) is 0. The molecule has 2 rings (SSSR count). The number of halogens is 1. The summed E-state index contributed by atoms with van der Waals surface area (Å²) in [7, 11) is 0. The molecule has 0 aliphatic rings. The Hall–Kier alpha value is -0.230. The van der Waals surface area contributed by atoms with Gasteiger partial charge in [-0.3, -0.25) is 0 Å². The van der Waals surface area contributed by atoms with E-state index in [0.29, 0.717) is 0 Å². The third-order valence-corrected chi connectivity index (χ3v) is 3.88. The van der Waals surface area contributed by atoms with E-state index in [9.17, 15) is 5.11 Å². The first-order valence-corrected chi connectivity index (χ1v) is 6.14. The van der Waals surface area contributed by atoms with Crippen LogP contribution in [0, 0.1) is 0 Å². The fourth-order valence-corrected chi connectivity index (χ4v) is 2.97. The predicted octanol–water partition coefficient (Wildman–Crippen LogP) is 3.05. The molecule has 2 nitrogen and oxygen atoms in total. The highest BCUT2D eigenvalue weighted by atomic mass is 79.9. The standard InChI is InChI=1S/C8H6BrNOS2/c9-7-2-1-6(13-7)8(11)5-3-12-4-10-5/h1-4,8,11H. The van der Waals surface area contributed by atoms with Crippen LogP contribution in [0.1, 0.15) is 16.7 Å². The van der Waals surface area contributed by atoms with E-state index in [2.05, 4.69) is 20.9 Å². The topological polar surface area (TPSA) is 33.1 Å². The van der Waals surface area contributed by atoms with Crippen molar-refractivity contribution >= 4 is 38.6 Å². The molecule has 2 heterocycles. The van der Waals surface area contributed by atoms with Gasteiger partial charge in [0.1, 0.15) is 6.10 Å². The van der Waals surface area contributed by atoms with E-state index >= 15 is 0 Å². The molecule has 1 N–H and O–H groups in total. The maximum Gasteiger partial charge on any atom is 0.131 e. The van der Waals surface area contributed by atoms with Gasteiger partial charge < -0.3 is 5.11 Å². The van der Waals surface area contributed by atoms with E-state index in [1.54, 1.807) is 5.51 Å². The Bertz CT molecular complexity index is 385. The third-order valence-electron chi connectivity index (χ3n) is 1.60. The van der Waals surface area contributed by atoms with Gasteiger partial charge >= 0.3 is 0 Å². The average molecular weight is 276 g/mol. The van der Waals surface area contributed by atoms with Crippen molar-refractivity contribution < 1.29 is 5.11 Å². The van der Waals surface area contributed by atoms with Gasteiger partial charge in [0.15, 0.2) is 0 Å². The molecule has 0 saturated carbocycles. The molecule has 1 unspecified atom stereocenters. The molecule has 13 heavy (non-hydrogen) atoms. The summed E-state index contributed by atoms with van der Waals surface area (Å²) in [6.07, 6.45) is -0.581. The van der Waals surface area contributed by atoms with Gasteiger partial charge in [-0.2, -0.15) is 0 Å². The third kappa shape index (κ3) is 1.99. The van der Waals surface area contributed by atoms with Gasteiger partial charge in [-0.1, -0.05) is 0 Å². The highest BCUT2D eigenvalue weighted by molar-refractivity contribution is 9.11. The van der Waals surface area contributed by atoms with Crippen LogP contribution in [-0.4, -0.2) is 10.1 Å². The number of aliphatic hydroxyl groups excluding tert-OH is 1. The second kappa shape index (κ2) is 3.88. The summed E-state index contributed by atoms with van der Waals surface area (Å²) in [6, 6.07) is 3.83. The van der Waals surface area contributed by atoms with E-state index < -0.39 is 6.10 Å². The van der Waals surface area contributed by atoms with Crippen molar-refractivity contribution in [2.75, 3.05) is 0 Å². The van der Waals surface area contributed by atoms with E-state index in [4.69, 9.17) is 0 Å². The van der Waals surface area contributed by atoms with Crippen LogP contribution in [0.5, 0.6) is 0 Å². The van der Waals surface area contributed by atoms with Crippen LogP contribution in [-0.2, 0) is 0 Å². The molecule has 0 amide bonds. The first-order valence-electron chi connectivity index (χ1n) is 3.59. The van der Waals surface area contributed by atoms with Crippen LogP contribution in [0.25, 0.3) is 0 Å². The zero-order valence-electron chi connectivity index (χ0n) is 6.48. The molecule has 0 spiro atoms. The van der Waals surface area contributed by atoms with Gasteiger partial charge in [0.2, 0.25) is 0 Å². The molecule has 2 aromatic rings. The smallest absolute Gasteiger partial charge is 0.131 e. The monoisotopic (exact) mass is 275 g/mol. The number of thiazole rings is 1. The van der Waals surface area contributed by atoms with Crippen LogP contribution in [0.4, 0.5) is 0 Å². The van der Waals surface area contributed by atoms with E-state index in [-0.39, 0.29) is 0 Å². The van der Waals surface area contributed by atoms with E-state index in [0.717, 1.165) is 14.4 Å². The quantitative estimate of drug-likeness (QED) is 0.914. The Morgan fingerprint density at radius 2 is 2.31 bits per heavy atom. The average Bonchev–Trinajstić information content (AvgIpc) is 2.72. The summed E-state index contributed by atoms with van der Waals surface area (Å²) in [4.78, 5) is 4.98. The summed E-state index contributed by atoms with van der Waals surface area (Å²) in [6.45, 7) is 0. The highest BCUT2D eigenvalue weighted by Gasteiger charge is 2.13. The first-order chi connectivity index (χ1) is 6.27. The van der Waals surface area contributed by atoms with Crippen molar-refractivity contribution in [1.82, 2.24) is 4.98 Å². The molecule has 0 saturated heterocycles. The molecule has 68 valence electrons. The summed E-state index contributed by atoms with van der Waals surface area (Å²) < 4.78 is 1.02. The normalized spacial score (nSPS) is 13.1. The van der Waals surface area contributed by atoms with E-state index in [1.807, 2.05) is 17.5 Å². The van der Waals surface area contributed by atoms with Crippen molar-refractivity contribution in [2.24, 2.45) is 0 Å². The summed E-state index contributed by atoms with van der Waals surface area (Å²) in [5, 5.41) is 11.7. The fraction of sp³-hybridized carbons (Fsp3) is 0.125. The largest absolute Gasteiger partial charge is 0.381 e. The number of hydrogen-bond donors (Lipinski definition) is 1. The Kier molecular flexibility index (Phi) is 2.78. The summed E-state index contributed by atoms with van der Waals surface area (Å²) in [5.41, 5.74) is 2.45. The maximum atomic E-state index is 9.83. The summed E-state index contributed by atoms with van der Waals surface area (Å²) >= 11 is 6.37. The molecule has 2 aromatic heterocycles. The minimum Gasteiger partial charge on any atom is -0.381 e. The fourth-order valence-electron chi connectivity index (χ4n) is 0.978. The Balaban J connectivity index is 2.28. The van der Waals surface area contributed by atoms with Gasteiger partial charge in [0.05, 0.1) is 15.0 Å². The van der Waals surface area contributed by atoms with Crippen molar-refractivity contribution in [3.63, 3.8) is 0 Å². The number of nitrogens with zero attached hydrogens (tertiary/aromatic N) is 1. The molecule has 0 fully saturated rings. The van der Waals surface area contributed by atoms with Crippen molar-refractivity contribution in [3.8, 4) is 0 Å². The highest BCUT2D eigenvalue weighted by Crippen LogP contribution is 2.30. The first kappa shape index (κ1) is 9.33. The Morgan fingerprint density at radius 3 is 2.85 bits per heavy atom. The molecule has 0 aliphatic carbocycles. The predicted molar refractivity (Wildman–Crippen MR) is 58.2 cm³/mol. The Labute approximate surface area is 92.0 Å². The molecule has 0 bridgehead atoms. The number of hydrogen-bond acceptors (Lipinski definition) is 4. The van der Waals surface area contributed by atoms with Crippen molar-refractivity contribution in [1.29, 1.82) is 0 Å². The zero-order valence-corrected chi connectivity index (χ0v) is 9.69. The molecule has 5 heteroatoms. The molecular formula is C8H6BrNOS2.